The van der Waals surface area contributed by atoms with Crippen LogP contribution in [-0.2, 0) is 0 Å². The molecular weight excluding hydrogens is 282 g/mol. The van der Waals surface area contributed by atoms with E-state index in [-0.39, 0.29) is 5.78 Å². The lowest BCUT2D eigenvalue weighted by molar-refractivity contribution is 0.101. The molecule has 0 saturated carbocycles. The smallest absolute Gasteiger partial charge is 0.161 e. The van der Waals surface area contributed by atoms with Crippen LogP contribution in [0.2, 0.25) is 0 Å². The Morgan fingerprint density at radius 2 is 1.81 bits per heavy atom. The Hall–Kier alpha value is -2.14. The highest BCUT2D eigenvalue weighted by Gasteiger charge is 2.19. The minimum atomic E-state index is 0.0604. The Balaban J connectivity index is 2.06. The first-order valence-electron chi connectivity index (χ1n) is 6.76. The first-order chi connectivity index (χ1) is 10.1. The maximum atomic E-state index is 11.8. The number of Topliss-reactive ketones (excluding diaryl/α,β-unsaturated/α-hetero) is 1. The third-order valence-electron chi connectivity index (χ3n) is 3.53. The average Bonchev–Trinajstić information content (AvgIpc) is 2.50. The molecule has 0 bridgehead atoms. The van der Waals surface area contributed by atoms with E-state index in [4.69, 9.17) is 0 Å². The summed E-state index contributed by atoms with van der Waals surface area (Å²) in [4.78, 5) is 14.0. The summed E-state index contributed by atoms with van der Waals surface area (Å²) in [5.41, 5.74) is 4.70. The highest BCUT2D eigenvalue weighted by Crippen LogP contribution is 2.46. The second-order valence-electron chi connectivity index (χ2n) is 4.89. The highest BCUT2D eigenvalue weighted by atomic mass is 32.2. The quantitative estimate of drug-likeness (QED) is 0.633. The summed E-state index contributed by atoms with van der Waals surface area (Å²) in [5.74, 6) is 0.0604. The van der Waals surface area contributed by atoms with Crippen LogP contribution in [0.3, 0.4) is 0 Å². The molecule has 2 aromatic rings. The molecule has 0 aliphatic carbocycles. The number of carbonyl (C=O) groups excluding carboxylic acids is 1. The van der Waals surface area contributed by atoms with Gasteiger partial charge in [0.1, 0.15) is 0 Å². The third kappa shape index (κ3) is 2.45. The Bertz CT molecular complexity index is 728. The fourth-order valence-electron chi connectivity index (χ4n) is 2.39. The summed E-state index contributed by atoms with van der Waals surface area (Å²) in [6.07, 6.45) is 0. The number of hydrogen-bond donors (Lipinski definition) is 3. The van der Waals surface area contributed by atoms with Gasteiger partial charge < -0.3 is 16.0 Å². The van der Waals surface area contributed by atoms with Gasteiger partial charge in [-0.05, 0) is 37.3 Å². The molecule has 0 aromatic heterocycles. The molecule has 108 valence electrons. The van der Waals surface area contributed by atoms with Crippen molar-refractivity contribution in [3.63, 3.8) is 0 Å². The van der Waals surface area contributed by atoms with Gasteiger partial charge in [0.05, 0.1) is 11.4 Å². The SMILES string of the molecule is CNc1ccc2c(c1)Sc1cc(NC)c(C(C)=O)cc1N2. The van der Waals surface area contributed by atoms with E-state index in [9.17, 15) is 4.79 Å². The third-order valence-corrected chi connectivity index (χ3v) is 4.64. The molecular formula is C16H17N3OS. The summed E-state index contributed by atoms with van der Waals surface area (Å²) >= 11 is 1.71. The summed E-state index contributed by atoms with van der Waals surface area (Å²) in [6, 6.07) is 10.2. The van der Waals surface area contributed by atoms with Crippen molar-refractivity contribution in [2.45, 2.75) is 16.7 Å². The summed E-state index contributed by atoms with van der Waals surface area (Å²) < 4.78 is 0. The average molecular weight is 299 g/mol. The minimum absolute atomic E-state index is 0.0604. The van der Waals surface area contributed by atoms with Gasteiger partial charge in [0.25, 0.3) is 0 Å². The number of hydrogen-bond acceptors (Lipinski definition) is 5. The number of fused-ring (bicyclic) bond motifs is 2. The zero-order valence-corrected chi connectivity index (χ0v) is 13.0. The molecule has 0 radical (unpaired) electrons. The van der Waals surface area contributed by atoms with Crippen LogP contribution in [0, 0.1) is 0 Å². The van der Waals surface area contributed by atoms with Crippen molar-refractivity contribution in [3.8, 4) is 0 Å². The van der Waals surface area contributed by atoms with Crippen LogP contribution in [0.4, 0.5) is 22.7 Å². The van der Waals surface area contributed by atoms with Gasteiger partial charge in [0, 0.05) is 40.8 Å². The molecule has 0 saturated heterocycles. The Morgan fingerprint density at radius 3 is 2.48 bits per heavy atom. The Kier molecular flexibility index (Phi) is 3.51. The van der Waals surface area contributed by atoms with Crippen LogP contribution >= 0.6 is 11.8 Å². The standard InChI is InChI=1S/C16H17N3OS/c1-9(20)11-7-14-16(8-13(11)18-3)21-15-6-10(17-2)4-5-12(15)19-14/h4-8,17-19H,1-3H3. The van der Waals surface area contributed by atoms with E-state index in [1.807, 2.05) is 32.3 Å². The van der Waals surface area contributed by atoms with E-state index in [0.29, 0.717) is 5.56 Å². The fraction of sp³-hybridized carbons (Fsp3) is 0.188. The summed E-state index contributed by atoms with van der Waals surface area (Å²) in [6.45, 7) is 1.59. The van der Waals surface area contributed by atoms with Gasteiger partial charge in [-0.25, -0.2) is 0 Å². The van der Waals surface area contributed by atoms with E-state index in [0.717, 1.165) is 27.6 Å². The molecule has 0 fully saturated rings. The van der Waals surface area contributed by atoms with Crippen molar-refractivity contribution in [2.75, 3.05) is 30.0 Å². The molecule has 3 N–H and O–H groups in total. The van der Waals surface area contributed by atoms with Crippen molar-refractivity contribution in [1.29, 1.82) is 0 Å². The molecule has 3 rings (SSSR count). The van der Waals surface area contributed by atoms with Crippen molar-refractivity contribution in [2.24, 2.45) is 0 Å². The van der Waals surface area contributed by atoms with Gasteiger partial charge in [-0.3, -0.25) is 4.79 Å². The van der Waals surface area contributed by atoms with Crippen LogP contribution in [0.25, 0.3) is 0 Å². The second-order valence-corrected chi connectivity index (χ2v) is 5.97. The zero-order valence-electron chi connectivity index (χ0n) is 12.2. The second kappa shape index (κ2) is 5.33. The number of ketones is 1. The molecule has 0 amide bonds. The minimum Gasteiger partial charge on any atom is -0.388 e. The molecule has 21 heavy (non-hydrogen) atoms. The molecule has 5 heteroatoms. The lowest BCUT2D eigenvalue weighted by Gasteiger charge is -2.23. The van der Waals surface area contributed by atoms with Gasteiger partial charge in [0.15, 0.2) is 5.78 Å². The maximum absolute atomic E-state index is 11.8. The maximum Gasteiger partial charge on any atom is 0.161 e. The lowest BCUT2D eigenvalue weighted by atomic mass is 10.1. The van der Waals surface area contributed by atoms with Crippen LogP contribution in [0.1, 0.15) is 17.3 Å². The molecule has 1 aliphatic rings. The number of carbonyl (C=O) groups is 1. The first-order valence-corrected chi connectivity index (χ1v) is 7.57. The molecule has 2 aromatic carbocycles. The molecule has 1 aliphatic heterocycles. The number of rotatable bonds is 3. The molecule has 0 unspecified atom stereocenters. The van der Waals surface area contributed by atoms with E-state index in [1.165, 1.54) is 4.90 Å². The van der Waals surface area contributed by atoms with Crippen LogP contribution in [0.15, 0.2) is 40.1 Å². The highest BCUT2D eigenvalue weighted by molar-refractivity contribution is 7.99. The fourth-order valence-corrected chi connectivity index (χ4v) is 3.44. The van der Waals surface area contributed by atoms with E-state index < -0.39 is 0 Å². The monoisotopic (exact) mass is 299 g/mol. The Morgan fingerprint density at radius 1 is 1.05 bits per heavy atom. The number of nitrogens with one attached hydrogen (secondary N) is 3. The van der Waals surface area contributed by atoms with Crippen LogP contribution in [-0.4, -0.2) is 19.9 Å². The van der Waals surface area contributed by atoms with Crippen molar-refractivity contribution >= 4 is 40.3 Å². The van der Waals surface area contributed by atoms with E-state index >= 15 is 0 Å². The summed E-state index contributed by atoms with van der Waals surface area (Å²) in [5, 5.41) is 9.66. The largest absolute Gasteiger partial charge is 0.388 e. The Labute approximate surface area is 128 Å². The number of benzene rings is 2. The van der Waals surface area contributed by atoms with Crippen LogP contribution in [0.5, 0.6) is 0 Å². The van der Waals surface area contributed by atoms with Crippen molar-refractivity contribution in [1.82, 2.24) is 0 Å². The van der Waals surface area contributed by atoms with E-state index in [1.54, 1.807) is 18.7 Å². The topological polar surface area (TPSA) is 53.2 Å². The van der Waals surface area contributed by atoms with Crippen molar-refractivity contribution < 1.29 is 4.79 Å². The van der Waals surface area contributed by atoms with Gasteiger partial charge in [-0.1, -0.05) is 11.8 Å². The van der Waals surface area contributed by atoms with E-state index in [2.05, 4.69) is 28.1 Å². The molecule has 1 heterocycles. The van der Waals surface area contributed by atoms with Gasteiger partial charge in [-0.2, -0.15) is 0 Å². The predicted molar refractivity (Wildman–Crippen MR) is 89.4 cm³/mol. The first kappa shape index (κ1) is 13.8. The molecule has 0 spiro atoms. The zero-order chi connectivity index (χ0) is 15.0. The number of anilines is 4. The van der Waals surface area contributed by atoms with Gasteiger partial charge in [0.2, 0.25) is 0 Å². The normalized spacial score (nSPS) is 12.0. The van der Waals surface area contributed by atoms with Gasteiger partial charge >= 0.3 is 0 Å². The molecule has 0 atom stereocenters. The van der Waals surface area contributed by atoms with Crippen molar-refractivity contribution in [3.05, 3.63) is 35.9 Å². The summed E-state index contributed by atoms with van der Waals surface area (Å²) in [7, 11) is 3.75. The van der Waals surface area contributed by atoms with Gasteiger partial charge in [-0.15, -0.1) is 0 Å². The molecule has 4 nitrogen and oxygen atoms in total. The van der Waals surface area contributed by atoms with Crippen LogP contribution < -0.4 is 16.0 Å². The lowest BCUT2D eigenvalue weighted by Crippen LogP contribution is -2.06. The predicted octanol–water partition coefficient (Wildman–Crippen LogP) is 4.18.